The van der Waals surface area contributed by atoms with Crippen LogP contribution in [0.2, 0.25) is 0 Å². The van der Waals surface area contributed by atoms with Gasteiger partial charge in [0.1, 0.15) is 0 Å². The maximum absolute atomic E-state index is 11.5. The van der Waals surface area contributed by atoms with Crippen LogP contribution in [0.4, 0.5) is 0 Å². The summed E-state index contributed by atoms with van der Waals surface area (Å²) >= 11 is 4.61. The largest absolute Gasteiger partial charge is 0.342 e. The van der Waals surface area contributed by atoms with Crippen LogP contribution in [0.1, 0.15) is 23.5 Å². The molecule has 14 heavy (non-hydrogen) atoms. The summed E-state index contributed by atoms with van der Waals surface area (Å²) in [6.07, 6.45) is 0. The average molecular weight is 276 g/mol. The Labute approximate surface area is 94.6 Å². The summed E-state index contributed by atoms with van der Waals surface area (Å²) in [4.78, 5) is 23.0. The maximum atomic E-state index is 11.5. The number of thiophene rings is 1. The van der Waals surface area contributed by atoms with E-state index in [2.05, 4.69) is 21.2 Å². The smallest absolute Gasteiger partial charge is 0.261 e. The number of ketones is 1. The van der Waals surface area contributed by atoms with Crippen molar-refractivity contribution in [2.45, 2.75) is 19.9 Å². The fourth-order valence-electron chi connectivity index (χ4n) is 0.806. The Hall–Kier alpha value is -0.680. The molecule has 1 heterocycles. The van der Waals surface area contributed by atoms with Crippen LogP contribution in [0.5, 0.6) is 0 Å². The van der Waals surface area contributed by atoms with Crippen LogP contribution < -0.4 is 5.32 Å². The minimum atomic E-state index is -0.427. The Bertz CT molecular complexity index is 361. The van der Waals surface area contributed by atoms with E-state index in [1.807, 2.05) is 0 Å². The van der Waals surface area contributed by atoms with E-state index >= 15 is 0 Å². The van der Waals surface area contributed by atoms with E-state index in [0.29, 0.717) is 4.88 Å². The lowest BCUT2D eigenvalue weighted by molar-refractivity contribution is -0.118. The number of Topliss-reactive ketones (excluding diaryl/α,β-unsaturated/α-hetero) is 1. The first kappa shape index (κ1) is 11.4. The second-order valence-corrected chi connectivity index (χ2v) is 5.37. The third-order valence-electron chi connectivity index (χ3n) is 1.75. The molecule has 1 unspecified atom stereocenters. The SMILES string of the molecule is CC(=O)C(C)NC(=O)c1ccc(Br)s1. The van der Waals surface area contributed by atoms with Gasteiger partial charge in [-0.25, -0.2) is 0 Å². The summed E-state index contributed by atoms with van der Waals surface area (Å²) in [7, 11) is 0. The van der Waals surface area contributed by atoms with Crippen molar-refractivity contribution < 1.29 is 9.59 Å². The molecule has 0 bridgehead atoms. The van der Waals surface area contributed by atoms with Crippen LogP contribution in [-0.4, -0.2) is 17.7 Å². The highest BCUT2D eigenvalue weighted by molar-refractivity contribution is 9.11. The van der Waals surface area contributed by atoms with Crippen molar-refractivity contribution in [3.05, 3.63) is 20.8 Å². The summed E-state index contributed by atoms with van der Waals surface area (Å²) < 4.78 is 0.901. The summed E-state index contributed by atoms with van der Waals surface area (Å²) in [6, 6.07) is 3.10. The van der Waals surface area contributed by atoms with E-state index in [4.69, 9.17) is 0 Å². The van der Waals surface area contributed by atoms with Crippen molar-refractivity contribution in [3.63, 3.8) is 0 Å². The molecule has 0 radical (unpaired) electrons. The molecule has 5 heteroatoms. The van der Waals surface area contributed by atoms with Gasteiger partial charge < -0.3 is 5.32 Å². The van der Waals surface area contributed by atoms with Crippen LogP contribution >= 0.6 is 27.3 Å². The lowest BCUT2D eigenvalue weighted by atomic mass is 10.2. The molecule has 3 nitrogen and oxygen atoms in total. The Morgan fingerprint density at radius 1 is 1.50 bits per heavy atom. The molecule has 1 amide bonds. The lowest BCUT2D eigenvalue weighted by Crippen LogP contribution is -2.36. The molecule has 0 spiro atoms. The van der Waals surface area contributed by atoms with Crippen LogP contribution in [0.15, 0.2) is 15.9 Å². The molecule has 76 valence electrons. The first-order valence-corrected chi connectivity index (χ1v) is 5.68. The molecule has 1 aromatic rings. The molecule has 1 N–H and O–H groups in total. The number of amides is 1. The summed E-state index contributed by atoms with van der Waals surface area (Å²) in [5.41, 5.74) is 0. The second-order valence-electron chi connectivity index (χ2n) is 2.91. The molecule has 0 aliphatic carbocycles. The van der Waals surface area contributed by atoms with Crippen molar-refractivity contribution in [2.24, 2.45) is 0 Å². The standard InChI is InChI=1S/C9H10BrNO2S/c1-5(6(2)12)11-9(13)7-3-4-8(10)14-7/h3-5H,1-2H3,(H,11,13). The predicted octanol–water partition coefficient (Wildman–Crippen LogP) is 2.22. The van der Waals surface area contributed by atoms with Crippen LogP contribution in [-0.2, 0) is 4.79 Å². The van der Waals surface area contributed by atoms with E-state index < -0.39 is 6.04 Å². The number of carbonyl (C=O) groups excluding carboxylic acids is 2. The van der Waals surface area contributed by atoms with Gasteiger partial charge in [-0.2, -0.15) is 0 Å². The molecular formula is C9H10BrNO2S. The summed E-state index contributed by atoms with van der Waals surface area (Å²) in [5.74, 6) is -0.252. The highest BCUT2D eigenvalue weighted by Gasteiger charge is 2.13. The van der Waals surface area contributed by atoms with Crippen molar-refractivity contribution in [1.82, 2.24) is 5.32 Å². The molecule has 0 aliphatic rings. The number of carbonyl (C=O) groups is 2. The van der Waals surface area contributed by atoms with Gasteiger partial charge in [0.2, 0.25) is 0 Å². The van der Waals surface area contributed by atoms with Crippen molar-refractivity contribution >= 4 is 39.0 Å². The molecule has 0 aromatic carbocycles. The van der Waals surface area contributed by atoms with Crippen LogP contribution in [0, 0.1) is 0 Å². The van der Waals surface area contributed by atoms with Gasteiger partial charge in [0.05, 0.1) is 14.7 Å². The quantitative estimate of drug-likeness (QED) is 0.920. The minimum absolute atomic E-state index is 0.0472. The first-order valence-electron chi connectivity index (χ1n) is 4.07. The van der Waals surface area contributed by atoms with E-state index in [0.717, 1.165) is 3.79 Å². The normalized spacial score (nSPS) is 12.2. The summed E-state index contributed by atoms with van der Waals surface area (Å²) in [5, 5.41) is 2.61. The number of nitrogens with one attached hydrogen (secondary N) is 1. The Kier molecular flexibility index (Phi) is 3.83. The molecule has 1 rings (SSSR count). The number of halogens is 1. The highest BCUT2D eigenvalue weighted by Crippen LogP contribution is 2.21. The maximum Gasteiger partial charge on any atom is 0.261 e. The number of rotatable bonds is 3. The second kappa shape index (κ2) is 4.70. The highest BCUT2D eigenvalue weighted by atomic mass is 79.9. The minimum Gasteiger partial charge on any atom is -0.342 e. The van der Waals surface area contributed by atoms with Crippen molar-refractivity contribution in [1.29, 1.82) is 0 Å². The zero-order valence-electron chi connectivity index (χ0n) is 7.83. The van der Waals surface area contributed by atoms with Crippen molar-refractivity contribution in [3.8, 4) is 0 Å². The van der Waals surface area contributed by atoms with Gasteiger partial charge >= 0.3 is 0 Å². The van der Waals surface area contributed by atoms with Gasteiger partial charge in [0.15, 0.2) is 5.78 Å². The van der Waals surface area contributed by atoms with Crippen LogP contribution in [0.25, 0.3) is 0 Å². The van der Waals surface area contributed by atoms with Gasteiger partial charge in [-0.15, -0.1) is 11.3 Å². The zero-order chi connectivity index (χ0) is 10.7. The average Bonchev–Trinajstić information content (AvgIpc) is 2.51. The molecule has 0 saturated carbocycles. The Balaban J connectivity index is 2.63. The first-order chi connectivity index (χ1) is 6.50. The monoisotopic (exact) mass is 275 g/mol. The fraction of sp³-hybridized carbons (Fsp3) is 0.333. The Morgan fingerprint density at radius 2 is 2.14 bits per heavy atom. The molecule has 0 fully saturated rings. The zero-order valence-corrected chi connectivity index (χ0v) is 10.2. The van der Waals surface area contributed by atoms with Gasteiger partial charge in [-0.3, -0.25) is 9.59 Å². The fourth-order valence-corrected chi connectivity index (χ4v) is 2.09. The number of hydrogen-bond acceptors (Lipinski definition) is 3. The predicted molar refractivity (Wildman–Crippen MR) is 59.6 cm³/mol. The molecule has 0 saturated heterocycles. The lowest BCUT2D eigenvalue weighted by Gasteiger charge is -2.08. The number of hydrogen-bond donors (Lipinski definition) is 1. The van der Waals surface area contributed by atoms with Crippen LogP contribution in [0.3, 0.4) is 0 Å². The van der Waals surface area contributed by atoms with E-state index in [1.54, 1.807) is 19.1 Å². The molecular weight excluding hydrogens is 266 g/mol. The molecule has 0 aliphatic heterocycles. The molecule has 1 aromatic heterocycles. The van der Waals surface area contributed by atoms with E-state index in [1.165, 1.54) is 18.3 Å². The van der Waals surface area contributed by atoms with Gasteiger partial charge in [0.25, 0.3) is 5.91 Å². The topological polar surface area (TPSA) is 46.2 Å². The third kappa shape index (κ3) is 2.92. The molecule has 1 atom stereocenters. The summed E-state index contributed by atoms with van der Waals surface area (Å²) in [6.45, 7) is 3.12. The van der Waals surface area contributed by atoms with Crippen molar-refractivity contribution in [2.75, 3.05) is 0 Å². The van der Waals surface area contributed by atoms with E-state index in [-0.39, 0.29) is 11.7 Å². The van der Waals surface area contributed by atoms with Gasteiger partial charge in [0, 0.05) is 0 Å². The van der Waals surface area contributed by atoms with E-state index in [9.17, 15) is 9.59 Å². The third-order valence-corrected chi connectivity index (χ3v) is 3.38. The van der Waals surface area contributed by atoms with Gasteiger partial charge in [-0.05, 0) is 41.9 Å². The Morgan fingerprint density at radius 3 is 2.57 bits per heavy atom. The van der Waals surface area contributed by atoms with Gasteiger partial charge in [-0.1, -0.05) is 0 Å².